The minimum absolute atomic E-state index is 0.366. The van der Waals surface area contributed by atoms with Gasteiger partial charge in [-0.2, -0.15) is 0 Å². The van der Waals surface area contributed by atoms with Crippen LogP contribution in [0.5, 0.6) is 11.6 Å². The number of ether oxygens (including phenoxy) is 1. The molecule has 0 aliphatic carbocycles. The summed E-state index contributed by atoms with van der Waals surface area (Å²) in [6.45, 7) is 0.721. The number of para-hydroxylation sites is 1. The number of nitrogens with one attached hydrogen (secondary N) is 1. The van der Waals surface area contributed by atoms with E-state index in [0.717, 1.165) is 17.9 Å². The van der Waals surface area contributed by atoms with Crippen LogP contribution < -0.4 is 10.1 Å². The molecule has 2 aromatic rings. The highest BCUT2D eigenvalue weighted by atomic mass is 35.5. The summed E-state index contributed by atoms with van der Waals surface area (Å²) < 4.78 is 5.67. The molecule has 0 amide bonds. The normalized spacial score (nSPS) is 10.2. The van der Waals surface area contributed by atoms with Gasteiger partial charge in [0.05, 0.1) is 6.20 Å². The third-order valence-electron chi connectivity index (χ3n) is 2.18. The monoisotopic (exact) mass is 249 g/mol. The Kier molecular flexibility index (Phi) is 3.90. The molecular weight excluding hydrogens is 238 g/mol. The maximum atomic E-state index is 5.94. The molecule has 0 aliphatic rings. The first kappa shape index (κ1) is 11.8. The van der Waals surface area contributed by atoms with Crippen LogP contribution in [0.25, 0.3) is 0 Å². The van der Waals surface area contributed by atoms with Gasteiger partial charge in [0.2, 0.25) is 5.88 Å². The summed E-state index contributed by atoms with van der Waals surface area (Å²) in [6, 6.07) is 7.73. The van der Waals surface area contributed by atoms with E-state index in [0.29, 0.717) is 10.9 Å². The number of aromatic nitrogens is 2. The number of hydrogen-bond donors (Lipinski definition) is 1. The third kappa shape index (κ3) is 2.93. The molecule has 0 spiro atoms. The first-order valence-electron chi connectivity index (χ1n) is 5.17. The Morgan fingerprint density at radius 1 is 1.35 bits per heavy atom. The van der Waals surface area contributed by atoms with Gasteiger partial charge < -0.3 is 10.1 Å². The molecule has 0 saturated heterocycles. The van der Waals surface area contributed by atoms with E-state index in [1.165, 1.54) is 12.5 Å². The van der Waals surface area contributed by atoms with E-state index in [1.807, 2.05) is 31.3 Å². The van der Waals surface area contributed by atoms with Crippen LogP contribution in [0, 0.1) is 0 Å². The van der Waals surface area contributed by atoms with E-state index in [4.69, 9.17) is 16.3 Å². The Balaban J connectivity index is 2.27. The molecule has 17 heavy (non-hydrogen) atoms. The van der Waals surface area contributed by atoms with Crippen molar-refractivity contribution in [3.63, 3.8) is 0 Å². The summed E-state index contributed by atoms with van der Waals surface area (Å²) in [6.07, 6.45) is 2.91. The third-order valence-corrected chi connectivity index (χ3v) is 2.44. The fourth-order valence-corrected chi connectivity index (χ4v) is 1.56. The van der Waals surface area contributed by atoms with Crippen molar-refractivity contribution in [3.05, 3.63) is 47.4 Å². The van der Waals surface area contributed by atoms with Crippen molar-refractivity contribution >= 4 is 11.6 Å². The van der Waals surface area contributed by atoms with Crippen molar-refractivity contribution < 1.29 is 4.74 Å². The van der Waals surface area contributed by atoms with Gasteiger partial charge in [0.25, 0.3) is 0 Å². The zero-order valence-corrected chi connectivity index (χ0v) is 10.1. The Hall–Kier alpha value is -1.65. The molecule has 1 heterocycles. The predicted molar refractivity (Wildman–Crippen MR) is 66.3 cm³/mol. The van der Waals surface area contributed by atoms with E-state index >= 15 is 0 Å². The minimum Gasteiger partial charge on any atom is -0.437 e. The molecule has 4 nitrogen and oxygen atoms in total. The van der Waals surface area contributed by atoms with Gasteiger partial charge in [-0.1, -0.05) is 29.8 Å². The summed E-state index contributed by atoms with van der Waals surface area (Å²) in [4.78, 5) is 7.80. The van der Waals surface area contributed by atoms with E-state index in [-0.39, 0.29) is 0 Å². The first-order valence-corrected chi connectivity index (χ1v) is 5.55. The molecular formula is C12H12ClN3O. The Labute approximate surface area is 105 Å². The quantitative estimate of drug-likeness (QED) is 0.905. The summed E-state index contributed by atoms with van der Waals surface area (Å²) in [5, 5.41) is 3.47. The van der Waals surface area contributed by atoms with Crippen LogP contribution >= 0.6 is 11.6 Å². The van der Waals surface area contributed by atoms with Crippen LogP contribution in [0.1, 0.15) is 5.56 Å². The molecule has 0 aliphatic heterocycles. The maximum Gasteiger partial charge on any atom is 0.241 e. The molecule has 0 atom stereocenters. The second-order valence-corrected chi connectivity index (χ2v) is 3.82. The number of benzene rings is 1. The van der Waals surface area contributed by atoms with Crippen LogP contribution in [0.4, 0.5) is 0 Å². The fourth-order valence-electron chi connectivity index (χ4n) is 1.42. The molecule has 1 aromatic carbocycles. The van der Waals surface area contributed by atoms with Gasteiger partial charge in [0.1, 0.15) is 17.1 Å². The summed E-state index contributed by atoms with van der Waals surface area (Å²) in [5.74, 6) is 1.10. The summed E-state index contributed by atoms with van der Waals surface area (Å²) >= 11 is 5.94. The largest absolute Gasteiger partial charge is 0.437 e. The first-order chi connectivity index (χ1) is 8.31. The van der Waals surface area contributed by atoms with E-state index < -0.39 is 0 Å². The smallest absolute Gasteiger partial charge is 0.241 e. The minimum atomic E-state index is 0.366. The lowest BCUT2D eigenvalue weighted by atomic mass is 10.2. The highest BCUT2D eigenvalue weighted by Gasteiger charge is 2.07. The second-order valence-electron chi connectivity index (χ2n) is 3.42. The molecule has 5 heteroatoms. The van der Waals surface area contributed by atoms with Crippen LogP contribution in [0.2, 0.25) is 5.02 Å². The van der Waals surface area contributed by atoms with Crippen LogP contribution in [-0.4, -0.2) is 17.0 Å². The van der Waals surface area contributed by atoms with Gasteiger partial charge in [-0.15, -0.1) is 0 Å². The zero-order valence-electron chi connectivity index (χ0n) is 9.35. The molecule has 0 saturated carbocycles. The molecule has 2 rings (SSSR count). The van der Waals surface area contributed by atoms with Crippen molar-refractivity contribution in [2.75, 3.05) is 7.05 Å². The molecule has 88 valence electrons. The average Bonchev–Trinajstić information content (AvgIpc) is 2.35. The summed E-state index contributed by atoms with van der Waals surface area (Å²) in [7, 11) is 1.88. The van der Waals surface area contributed by atoms with Crippen molar-refractivity contribution in [2.24, 2.45) is 0 Å². The number of rotatable bonds is 4. The van der Waals surface area contributed by atoms with E-state index in [9.17, 15) is 0 Å². The highest BCUT2D eigenvalue weighted by Crippen LogP contribution is 2.28. The standard InChI is InChI=1S/C12H12ClN3O/c1-14-6-9-4-2-3-5-11(9)17-12-10(13)7-15-8-16-12/h2-5,7-8,14H,6H2,1H3. The molecule has 1 aromatic heterocycles. The van der Waals surface area contributed by atoms with Gasteiger partial charge in [-0.25, -0.2) is 9.97 Å². The van der Waals surface area contributed by atoms with Gasteiger partial charge in [-0.3, -0.25) is 0 Å². The van der Waals surface area contributed by atoms with Crippen LogP contribution in [0.15, 0.2) is 36.8 Å². The van der Waals surface area contributed by atoms with Crippen molar-refractivity contribution in [3.8, 4) is 11.6 Å². The highest BCUT2D eigenvalue weighted by molar-refractivity contribution is 6.31. The second kappa shape index (κ2) is 5.61. The maximum absolute atomic E-state index is 5.94. The van der Waals surface area contributed by atoms with E-state index in [2.05, 4.69) is 15.3 Å². The van der Waals surface area contributed by atoms with Gasteiger partial charge in [0, 0.05) is 12.1 Å². The molecule has 0 unspecified atom stereocenters. The zero-order chi connectivity index (χ0) is 12.1. The predicted octanol–water partition coefficient (Wildman–Crippen LogP) is 2.64. The Morgan fingerprint density at radius 3 is 2.94 bits per heavy atom. The number of halogens is 1. The molecule has 1 N–H and O–H groups in total. The van der Waals surface area contributed by atoms with Gasteiger partial charge in [0.15, 0.2) is 0 Å². The average molecular weight is 250 g/mol. The van der Waals surface area contributed by atoms with E-state index in [1.54, 1.807) is 0 Å². The molecule has 0 fully saturated rings. The fraction of sp³-hybridized carbons (Fsp3) is 0.167. The SMILES string of the molecule is CNCc1ccccc1Oc1ncncc1Cl. The summed E-state index contributed by atoms with van der Waals surface area (Å²) in [5.41, 5.74) is 1.05. The molecule has 0 radical (unpaired) electrons. The van der Waals surface area contributed by atoms with Crippen LogP contribution in [0.3, 0.4) is 0 Å². The van der Waals surface area contributed by atoms with Crippen molar-refractivity contribution in [1.82, 2.24) is 15.3 Å². The lowest BCUT2D eigenvalue weighted by Gasteiger charge is -2.10. The van der Waals surface area contributed by atoms with Gasteiger partial charge >= 0.3 is 0 Å². The Morgan fingerprint density at radius 2 is 2.18 bits per heavy atom. The van der Waals surface area contributed by atoms with Gasteiger partial charge in [-0.05, 0) is 13.1 Å². The van der Waals surface area contributed by atoms with Crippen LogP contribution in [-0.2, 0) is 6.54 Å². The molecule has 0 bridgehead atoms. The number of hydrogen-bond acceptors (Lipinski definition) is 4. The number of nitrogens with zero attached hydrogens (tertiary/aromatic N) is 2. The lowest BCUT2D eigenvalue weighted by Crippen LogP contribution is -2.06. The van der Waals surface area contributed by atoms with Crippen molar-refractivity contribution in [1.29, 1.82) is 0 Å². The van der Waals surface area contributed by atoms with Crippen molar-refractivity contribution in [2.45, 2.75) is 6.54 Å². The Bertz CT molecular complexity index is 505. The lowest BCUT2D eigenvalue weighted by molar-refractivity contribution is 0.454. The topological polar surface area (TPSA) is 47.0 Å².